The van der Waals surface area contributed by atoms with E-state index in [9.17, 15) is 0 Å². The van der Waals surface area contributed by atoms with Crippen LogP contribution in [0.4, 0.5) is 11.9 Å². The first-order valence-corrected chi connectivity index (χ1v) is 6.91. The average molecular weight is 275 g/mol. The fourth-order valence-electron chi connectivity index (χ4n) is 1.42. The van der Waals surface area contributed by atoms with Gasteiger partial charge < -0.3 is 10.2 Å². The Morgan fingerprint density at radius 1 is 1.11 bits per heavy atom. The van der Waals surface area contributed by atoms with E-state index in [1.54, 1.807) is 0 Å². The van der Waals surface area contributed by atoms with Gasteiger partial charge in [-0.1, -0.05) is 18.2 Å². The number of rotatable bonds is 5. The van der Waals surface area contributed by atoms with Gasteiger partial charge in [-0.25, -0.2) is 0 Å². The molecule has 0 radical (unpaired) electrons. The third-order valence-electron chi connectivity index (χ3n) is 2.29. The number of aromatic nitrogens is 3. The number of benzene rings is 1. The molecule has 1 aromatic heterocycles. The summed E-state index contributed by atoms with van der Waals surface area (Å²) in [5, 5.41) is 3.82. The van der Waals surface area contributed by atoms with Crippen LogP contribution in [0.5, 0.6) is 0 Å². The van der Waals surface area contributed by atoms with Crippen LogP contribution in [0.2, 0.25) is 0 Å². The maximum atomic E-state index is 4.44. The molecule has 100 valence electrons. The molecule has 5 nitrogen and oxygen atoms in total. The molecule has 1 aromatic carbocycles. The van der Waals surface area contributed by atoms with Gasteiger partial charge in [-0.3, -0.25) is 0 Å². The number of hydrogen-bond acceptors (Lipinski definition) is 6. The lowest BCUT2D eigenvalue weighted by Gasteiger charge is -2.12. The van der Waals surface area contributed by atoms with Gasteiger partial charge in [-0.15, -0.1) is 0 Å². The molecule has 0 unspecified atom stereocenters. The molecule has 1 heterocycles. The van der Waals surface area contributed by atoms with Gasteiger partial charge in [-0.05, 0) is 30.8 Å². The Balaban J connectivity index is 2.28. The van der Waals surface area contributed by atoms with Crippen molar-refractivity contribution in [2.24, 2.45) is 0 Å². The normalized spacial score (nSPS) is 10.3. The van der Waals surface area contributed by atoms with Gasteiger partial charge in [0.1, 0.15) is 0 Å². The highest BCUT2D eigenvalue weighted by Gasteiger charge is 2.08. The van der Waals surface area contributed by atoms with E-state index in [2.05, 4.69) is 20.3 Å². The summed E-state index contributed by atoms with van der Waals surface area (Å²) < 4.78 is 0. The van der Waals surface area contributed by atoms with Gasteiger partial charge in [0.05, 0.1) is 0 Å². The number of nitrogens with zero attached hydrogens (tertiary/aromatic N) is 4. The number of hydrogen-bond donors (Lipinski definition) is 1. The molecule has 2 rings (SSSR count). The summed E-state index contributed by atoms with van der Waals surface area (Å²) in [6.45, 7) is 2.80. The molecule has 0 spiro atoms. The van der Waals surface area contributed by atoms with Crippen LogP contribution in [0.25, 0.3) is 0 Å². The van der Waals surface area contributed by atoms with Crippen LogP contribution in [0.3, 0.4) is 0 Å². The largest absolute Gasteiger partial charge is 0.354 e. The Hall–Kier alpha value is -1.82. The molecule has 2 aromatic rings. The topological polar surface area (TPSA) is 53.9 Å². The molecule has 0 aliphatic heterocycles. The minimum Gasteiger partial charge on any atom is -0.354 e. The first kappa shape index (κ1) is 13.6. The number of nitrogens with one attached hydrogen (secondary N) is 1. The summed E-state index contributed by atoms with van der Waals surface area (Å²) in [5.41, 5.74) is 0. The monoisotopic (exact) mass is 275 g/mol. The molecule has 0 amide bonds. The van der Waals surface area contributed by atoms with Crippen LogP contribution < -0.4 is 10.2 Å². The van der Waals surface area contributed by atoms with Crippen LogP contribution >= 0.6 is 11.8 Å². The predicted molar refractivity (Wildman–Crippen MR) is 78.9 cm³/mol. The minimum atomic E-state index is 0.611. The Morgan fingerprint density at radius 2 is 1.84 bits per heavy atom. The second-order valence-electron chi connectivity index (χ2n) is 4.08. The molecule has 0 atom stereocenters. The molecule has 6 heteroatoms. The van der Waals surface area contributed by atoms with Crippen LogP contribution in [0.1, 0.15) is 6.92 Å². The first-order chi connectivity index (χ1) is 9.19. The van der Waals surface area contributed by atoms with Gasteiger partial charge in [0.25, 0.3) is 0 Å². The molecule has 0 bridgehead atoms. The maximum Gasteiger partial charge on any atom is 0.230 e. The third-order valence-corrected chi connectivity index (χ3v) is 3.16. The summed E-state index contributed by atoms with van der Waals surface area (Å²) >= 11 is 1.53. The fraction of sp³-hybridized carbons (Fsp3) is 0.308. The summed E-state index contributed by atoms with van der Waals surface area (Å²) in [6, 6.07) is 10.1. The van der Waals surface area contributed by atoms with Crippen molar-refractivity contribution >= 4 is 23.7 Å². The lowest BCUT2D eigenvalue weighted by molar-refractivity contribution is 0.864. The molecular weight excluding hydrogens is 258 g/mol. The number of anilines is 2. The summed E-state index contributed by atoms with van der Waals surface area (Å²) in [5.74, 6) is 1.27. The zero-order chi connectivity index (χ0) is 13.7. The fourth-order valence-corrected chi connectivity index (χ4v) is 2.19. The van der Waals surface area contributed by atoms with Crippen molar-refractivity contribution in [3.05, 3.63) is 30.3 Å². The van der Waals surface area contributed by atoms with Crippen molar-refractivity contribution in [2.45, 2.75) is 17.0 Å². The Bertz CT molecular complexity index is 530. The average Bonchev–Trinajstić information content (AvgIpc) is 2.40. The Kier molecular flexibility index (Phi) is 4.57. The van der Waals surface area contributed by atoms with Crippen molar-refractivity contribution in [1.82, 2.24) is 15.0 Å². The van der Waals surface area contributed by atoms with E-state index < -0.39 is 0 Å². The summed E-state index contributed by atoms with van der Waals surface area (Å²) in [7, 11) is 3.84. The van der Waals surface area contributed by atoms with Gasteiger partial charge in [0, 0.05) is 25.5 Å². The zero-order valence-corrected chi connectivity index (χ0v) is 12.1. The quantitative estimate of drug-likeness (QED) is 0.905. The second kappa shape index (κ2) is 6.38. The van der Waals surface area contributed by atoms with E-state index in [0.717, 1.165) is 11.4 Å². The Labute approximate surface area is 117 Å². The lowest BCUT2D eigenvalue weighted by Crippen LogP contribution is -2.15. The van der Waals surface area contributed by atoms with E-state index >= 15 is 0 Å². The van der Waals surface area contributed by atoms with Crippen molar-refractivity contribution in [2.75, 3.05) is 30.9 Å². The molecular formula is C13H17N5S. The van der Waals surface area contributed by atoms with Gasteiger partial charge in [0.15, 0.2) is 5.16 Å². The van der Waals surface area contributed by atoms with Crippen LogP contribution in [0.15, 0.2) is 40.4 Å². The van der Waals surface area contributed by atoms with E-state index in [-0.39, 0.29) is 0 Å². The molecule has 0 aliphatic rings. The first-order valence-electron chi connectivity index (χ1n) is 6.09. The van der Waals surface area contributed by atoms with E-state index in [0.29, 0.717) is 17.1 Å². The minimum absolute atomic E-state index is 0.611. The van der Waals surface area contributed by atoms with Gasteiger partial charge >= 0.3 is 0 Å². The van der Waals surface area contributed by atoms with Crippen molar-refractivity contribution < 1.29 is 0 Å². The lowest BCUT2D eigenvalue weighted by atomic mass is 10.4. The smallest absolute Gasteiger partial charge is 0.230 e. The highest BCUT2D eigenvalue weighted by Crippen LogP contribution is 2.25. The SMILES string of the molecule is CCNc1nc(Sc2ccccc2)nc(N(C)C)n1. The van der Waals surface area contributed by atoms with E-state index in [1.165, 1.54) is 11.8 Å². The highest BCUT2D eigenvalue weighted by molar-refractivity contribution is 7.99. The highest BCUT2D eigenvalue weighted by atomic mass is 32.2. The van der Waals surface area contributed by atoms with Crippen molar-refractivity contribution in [3.8, 4) is 0 Å². The molecule has 0 fully saturated rings. The molecule has 1 N–H and O–H groups in total. The van der Waals surface area contributed by atoms with Gasteiger partial charge in [0.2, 0.25) is 11.9 Å². The molecule has 0 aliphatic carbocycles. The molecule has 0 saturated carbocycles. The predicted octanol–water partition coefficient (Wildman–Crippen LogP) is 2.52. The maximum absolute atomic E-state index is 4.44. The van der Waals surface area contributed by atoms with Crippen molar-refractivity contribution in [3.63, 3.8) is 0 Å². The van der Waals surface area contributed by atoms with Gasteiger partial charge in [-0.2, -0.15) is 15.0 Å². The Morgan fingerprint density at radius 3 is 2.47 bits per heavy atom. The summed E-state index contributed by atoms with van der Waals surface area (Å²) in [4.78, 5) is 16.2. The zero-order valence-electron chi connectivity index (χ0n) is 11.3. The van der Waals surface area contributed by atoms with Crippen molar-refractivity contribution in [1.29, 1.82) is 0 Å². The second-order valence-corrected chi connectivity index (χ2v) is 5.12. The molecule has 19 heavy (non-hydrogen) atoms. The standard InChI is InChI=1S/C13H17N5S/c1-4-14-11-15-12(18(2)3)17-13(16-11)19-10-8-6-5-7-9-10/h5-9H,4H2,1-3H3,(H,14,15,16,17). The van der Waals surface area contributed by atoms with Crippen LogP contribution in [0, 0.1) is 0 Å². The van der Waals surface area contributed by atoms with E-state index in [4.69, 9.17) is 0 Å². The summed E-state index contributed by atoms with van der Waals surface area (Å²) in [6.07, 6.45) is 0. The van der Waals surface area contributed by atoms with Crippen LogP contribution in [-0.4, -0.2) is 35.6 Å². The third kappa shape index (κ3) is 3.82. The molecule has 0 saturated heterocycles. The van der Waals surface area contributed by atoms with Crippen LogP contribution in [-0.2, 0) is 0 Å². The van der Waals surface area contributed by atoms with E-state index in [1.807, 2.05) is 56.3 Å².